The van der Waals surface area contributed by atoms with Crippen molar-refractivity contribution in [3.8, 4) is 5.75 Å². The molecule has 1 rings (SSSR count). The van der Waals surface area contributed by atoms with Crippen LogP contribution in [0.2, 0.25) is 0 Å². The first-order valence-corrected chi connectivity index (χ1v) is 7.75. The van der Waals surface area contributed by atoms with E-state index in [-0.39, 0.29) is 23.2 Å². The van der Waals surface area contributed by atoms with Gasteiger partial charge in [-0.25, -0.2) is 13.1 Å². The second kappa shape index (κ2) is 7.39. The molecule has 0 aromatic heterocycles. The molecule has 2 N–H and O–H groups in total. The Kier molecular flexibility index (Phi) is 6.13. The molecule has 0 aliphatic rings. The monoisotopic (exact) mass is 316 g/mol. The average Bonchev–Trinajstić information content (AvgIpc) is 2.37. The van der Waals surface area contributed by atoms with E-state index in [1.807, 2.05) is 0 Å². The van der Waals surface area contributed by atoms with Crippen molar-refractivity contribution in [2.24, 2.45) is 0 Å². The first-order chi connectivity index (χ1) is 9.80. The van der Waals surface area contributed by atoms with Gasteiger partial charge in [0, 0.05) is 25.8 Å². The first-order valence-electron chi connectivity index (χ1n) is 6.27. The number of hydrogen-bond acceptors (Lipinski definition) is 5. The van der Waals surface area contributed by atoms with Gasteiger partial charge in [0.2, 0.25) is 15.9 Å². The molecular weight excluding hydrogens is 296 g/mol. The summed E-state index contributed by atoms with van der Waals surface area (Å²) in [6.07, 6.45) is 0. The van der Waals surface area contributed by atoms with Gasteiger partial charge < -0.3 is 14.8 Å². The normalized spacial score (nSPS) is 12.8. The Bertz CT molecular complexity index is 601. The van der Waals surface area contributed by atoms with E-state index >= 15 is 0 Å². The van der Waals surface area contributed by atoms with Gasteiger partial charge >= 0.3 is 0 Å². The molecule has 1 aromatic carbocycles. The number of ether oxygens (including phenoxy) is 2. The fraction of sp³-hybridized carbons (Fsp3) is 0.462. The fourth-order valence-corrected chi connectivity index (χ4v) is 3.20. The van der Waals surface area contributed by atoms with E-state index in [4.69, 9.17) is 9.47 Å². The molecule has 0 saturated carbocycles. The lowest BCUT2D eigenvalue weighted by Crippen LogP contribution is -2.35. The quantitative estimate of drug-likeness (QED) is 0.781. The van der Waals surface area contributed by atoms with Crippen LogP contribution >= 0.6 is 0 Å². The number of hydrogen-bond donors (Lipinski definition) is 2. The molecule has 118 valence electrons. The highest BCUT2D eigenvalue weighted by Crippen LogP contribution is 2.27. The number of benzene rings is 1. The second-order valence-electron chi connectivity index (χ2n) is 4.52. The van der Waals surface area contributed by atoms with Crippen LogP contribution in [0.3, 0.4) is 0 Å². The number of sulfonamides is 1. The predicted molar refractivity (Wildman–Crippen MR) is 79.0 cm³/mol. The molecule has 0 aliphatic heterocycles. The minimum atomic E-state index is -3.79. The lowest BCUT2D eigenvalue weighted by Gasteiger charge is -2.16. The van der Waals surface area contributed by atoms with Gasteiger partial charge in [-0.2, -0.15) is 0 Å². The van der Waals surface area contributed by atoms with Crippen molar-refractivity contribution >= 4 is 21.6 Å². The SMILES string of the molecule is COC[C@H](C)NS(=O)(=O)c1cc(NC(C)=O)ccc1OC. The van der Waals surface area contributed by atoms with Gasteiger partial charge in [-0.05, 0) is 25.1 Å². The Balaban J connectivity index is 3.15. The van der Waals surface area contributed by atoms with E-state index in [1.54, 1.807) is 13.0 Å². The minimum Gasteiger partial charge on any atom is -0.495 e. The second-order valence-corrected chi connectivity index (χ2v) is 6.21. The summed E-state index contributed by atoms with van der Waals surface area (Å²) in [5.41, 5.74) is 0.378. The van der Waals surface area contributed by atoms with Crippen LogP contribution < -0.4 is 14.8 Å². The Morgan fingerprint density at radius 3 is 2.52 bits per heavy atom. The van der Waals surface area contributed by atoms with Crippen molar-refractivity contribution in [1.29, 1.82) is 0 Å². The zero-order valence-electron chi connectivity index (χ0n) is 12.5. The maximum atomic E-state index is 12.4. The molecule has 7 nitrogen and oxygen atoms in total. The molecular formula is C13H20N2O5S. The molecule has 21 heavy (non-hydrogen) atoms. The zero-order valence-corrected chi connectivity index (χ0v) is 13.3. The van der Waals surface area contributed by atoms with Crippen molar-refractivity contribution in [1.82, 2.24) is 4.72 Å². The molecule has 8 heteroatoms. The fourth-order valence-electron chi connectivity index (χ4n) is 1.78. The van der Waals surface area contributed by atoms with Crippen LogP contribution in [0.5, 0.6) is 5.75 Å². The average molecular weight is 316 g/mol. The van der Waals surface area contributed by atoms with Gasteiger partial charge in [0.25, 0.3) is 0 Å². The molecule has 0 bridgehead atoms. The van der Waals surface area contributed by atoms with E-state index in [2.05, 4.69) is 10.0 Å². The summed E-state index contributed by atoms with van der Waals surface area (Å²) >= 11 is 0. The molecule has 1 atom stereocenters. The van der Waals surface area contributed by atoms with Crippen LogP contribution in [0.25, 0.3) is 0 Å². The lowest BCUT2D eigenvalue weighted by molar-refractivity contribution is -0.114. The predicted octanol–water partition coefficient (Wildman–Crippen LogP) is 0.967. The molecule has 0 radical (unpaired) electrons. The third kappa shape index (κ3) is 5.00. The molecule has 0 saturated heterocycles. The van der Waals surface area contributed by atoms with Gasteiger partial charge in [-0.1, -0.05) is 0 Å². The number of anilines is 1. The van der Waals surface area contributed by atoms with Gasteiger partial charge in [0.1, 0.15) is 10.6 Å². The van der Waals surface area contributed by atoms with Gasteiger partial charge in [0.05, 0.1) is 13.7 Å². The molecule has 0 fully saturated rings. The Morgan fingerprint density at radius 2 is 2.00 bits per heavy atom. The van der Waals surface area contributed by atoms with Crippen molar-refractivity contribution in [3.63, 3.8) is 0 Å². The standard InChI is InChI=1S/C13H20N2O5S/c1-9(8-19-3)15-21(17,18)13-7-11(14-10(2)16)5-6-12(13)20-4/h5-7,9,15H,8H2,1-4H3,(H,14,16)/t9-/m0/s1. The summed E-state index contributed by atoms with van der Waals surface area (Å²) < 4.78 is 37.2. The number of methoxy groups -OCH3 is 2. The molecule has 0 unspecified atom stereocenters. The number of rotatable bonds is 7. The van der Waals surface area contributed by atoms with E-state index in [0.29, 0.717) is 5.69 Å². The van der Waals surface area contributed by atoms with Crippen molar-refractivity contribution in [2.75, 3.05) is 26.1 Å². The topological polar surface area (TPSA) is 93.7 Å². The molecule has 1 amide bonds. The largest absolute Gasteiger partial charge is 0.495 e. The first kappa shape index (κ1) is 17.4. The van der Waals surface area contributed by atoms with Crippen LogP contribution in [0.1, 0.15) is 13.8 Å². The Morgan fingerprint density at radius 1 is 1.33 bits per heavy atom. The Hall–Kier alpha value is -1.64. The summed E-state index contributed by atoms with van der Waals surface area (Å²) in [6, 6.07) is 4.01. The van der Waals surface area contributed by atoms with Crippen LogP contribution in [0.15, 0.2) is 23.1 Å². The molecule has 0 spiro atoms. The van der Waals surface area contributed by atoms with Gasteiger partial charge in [-0.3, -0.25) is 4.79 Å². The maximum Gasteiger partial charge on any atom is 0.244 e. The number of amides is 1. The smallest absolute Gasteiger partial charge is 0.244 e. The van der Waals surface area contributed by atoms with Crippen LogP contribution in [-0.4, -0.2) is 41.2 Å². The summed E-state index contributed by atoms with van der Waals surface area (Å²) in [5, 5.41) is 2.54. The maximum absolute atomic E-state index is 12.4. The Labute approximate surface area is 124 Å². The highest BCUT2D eigenvalue weighted by molar-refractivity contribution is 7.89. The number of carbonyl (C=O) groups excluding carboxylic acids is 1. The zero-order chi connectivity index (χ0) is 16.0. The van der Waals surface area contributed by atoms with Crippen molar-refractivity contribution < 1.29 is 22.7 Å². The summed E-state index contributed by atoms with van der Waals surface area (Å²) in [6.45, 7) is 3.27. The number of carbonyl (C=O) groups is 1. The van der Waals surface area contributed by atoms with Crippen molar-refractivity contribution in [2.45, 2.75) is 24.8 Å². The van der Waals surface area contributed by atoms with E-state index < -0.39 is 16.1 Å². The third-order valence-corrected chi connectivity index (χ3v) is 4.16. The molecule has 0 aliphatic carbocycles. The van der Waals surface area contributed by atoms with Crippen molar-refractivity contribution in [3.05, 3.63) is 18.2 Å². The highest BCUT2D eigenvalue weighted by Gasteiger charge is 2.22. The molecule has 0 heterocycles. The molecule has 1 aromatic rings. The summed E-state index contributed by atoms with van der Waals surface area (Å²) in [4.78, 5) is 11.0. The van der Waals surface area contributed by atoms with Crippen LogP contribution in [0, 0.1) is 0 Å². The van der Waals surface area contributed by atoms with Gasteiger partial charge in [0.15, 0.2) is 0 Å². The van der Waals surface area contributed by atoms with E-state index in [1.165, 1.54) is 33.3 Å². The van der Waals surface area contributed by atoms with E-state index in [0.717, 1.165) is 0 Å². The van der Waals surface area contributed by atoms with E-state index in [9.17, 15) is 13.2 Å². The highest BCUT2D eigenvalue weighted by atomic mass is 32.2. The minimum absolute atomic E-state index is 0.0424. The summed E-state index contributed by atoms with van der Waals surface area (Å²) in [5.74, 6) is -0.0922. The van der Waals surface area contributed by atoms with Gasteiger partial charge in [-0.15, -0.1) is 0 Å². The number of nitrogens with one attached hydrogen (secondary N) is 2. The third-order valence-electron chi connectivity index (χ3n) is 2.55. The summed E-state index contributed by atoms with van der Waals surface area (Å²) in [7, 11) is -0.920. The van der Waals surface area contributed by atoms with Crippen LogP contribution in [-0.2, 0) is 19.6 Å². The van der Waals surface area contributed by atoms with Crippen LogP contribution in [0.4, 0.5) is 5.69 Å². The lowest BCUT2D eigenvalue weighted by atomic mass is 10.3.